The molecule has 2 amide bonds. The largest absolute Gasteiger partial charge is 0.494 e. The number of benzene rings is 1. The SMILES string of the molecule is COc1cc(F)c(Oc2ccc(C(F)(F)F)cn2)cc1NC(=O)C1CCC(=O)N1C. The molecule has 3 rings (SSSR count). The summed E-state index contributed by atoms with van der Waals surface area (Å²) in [7, 11) is 2.78. The number of carbonyl (C=O) groups excluding carboxylic acids is 2. The van der Waals surface area contributed by atoms with Crippen molar-refractivity contribution in [2.75, 3.05) is 19.5 Å². The van der Waals surface area contributed by atoms with E-state index < -0.39 is 29.5 Å². The molecule has 1 aliphatic rings. The number of amides is 2. The molecule has 1 unspecified atom stereocenters. The maximum Gasteiger partial charge on any atom is 0.417 e. The summed E-state index contributed by atoms with van der Waals surface area (Å²) >= 11 is 0. The lowest BCUT2D eigenvalue weighted by Gasteiger charge is -2.20. The van der Waals surface area contributed by atoms with Crippen molar-refractivity contribution in [1.29, 1.82) is 0 Å². The topological polar surface area (TPSA) is 80.8 Å². The van der Waals surface area contributed by atoms with Crippen LogP contribution in [0.2, 0.25) is 0 Å². The maximum atomic E-state index is 14.3. The second kappa shape index (κ2) is 8.17. The van der Waals surface area contributed by atoms with Crippen LogP contribution in [0.15, 0.2) is 30.5 Å². The zero-order valence-corrected chi connectivity index (χ0v) is 15.9. The zero-order valence-electron chi connectivity index (χ0n) is 15.9. The van der Waals surface area contributed by atoms with Crippen LogP contribution in [0.1, 0.15) is 18.4 Å². The molecule has 30 heavy (non-hydrogen) atoms. The van der Waals surface area contributed by atoms with Gasteiger partial charge in [-0.3, -0.25) is 9.59 Å². The fourth-order valence-corrected chi connectivity index (χ4v) is 2.93. The van der Waals surface area contributed by atoms with E-state index in [0.717, 1.165) is 24.3 Å². The molecule has 1 N–H and O–H groups in total. The number of ether oxygens (including phenoxy) is 2. The number of rotatable bonds is 5. The van der Waals surface area contributed by atoms with Gasteiger partial charge in [-0.25, -0.2) is 9.37 Å². The van der Waals surface area contributed by atoms with Crippen molar-refractivity contribution in [2.24, 2.45) is 0 Å². The van der Waals surface area contributed by atoms with Crippen molar-refractivity contribution in [1.82, 2.24) is 9.88 Å². The number of carbonyl (C=O) groups is 2. The normalized spacial score (nSPS) is 16.5. The number of hydrogen-bond acceptors (Lipinski definition) is 5. The zero-order chi connectivity index (χ0) is 22.1. The monoisotopic (exact) mass is 427 g/mol. The van der Waals surface area contributed by atoms with Crippen LogP contribution in [-0.2, 0) is 15.8 Å². The second-order valence-electron chi connectivity index (χ2n) is 6.52. The number of methoxy groups -OCH3 is 1. The summed E-state index contributed by atoms with van der Waals surface area (Å²) < 4.78 is 62.5. The summed E-state index contributed by atoms with van der Waals surface area (Å²) in [5.41, 5.74) is -0.910. The first kappa shape index (κ1) is 21.3. The van der Waals surface area contributed by atoms with Gasteiger partial charge in [-0.2, -0.15) is 13.2 Å². The third kappa shape index (κ3) is 4.44. The second-order valence-corrected chi connectivity index (χ2v) is 6.52. The van der Waals surface area contributed by atoms with Crippen LogP contribution in [0.3, 0.4) is 0 Å². The molecule has 7 nitrogen and oxygen atoms in total. The number of likely N-dealkylation sites (tertiary alicyclic amines) is 1. The van der Waals surface area contributed by atoms with Gasteiger partial charge in [0.1, 0.15) is 11.8 Å². The van der Waals surface area contributed by atoms with Crippen molar-refractivity contribution < 1.29 is 36.6 Å². The fraction of sp³-hybridized carbons (Fsp3) is 0.316. The third-order valence-electron chi connectivity index (χ3n) is 4.59. The van der Waals surface area contributed by atoms with Crippen molar-refractivity contribution in [2.45, 2.75) is 25.1 Å². The highest BCUT2D eigenvalue weighted by Crippen LogP contribution is 2.35. The standard InChI is InChI=1S/C19H17F4N3O4/c1-26-13(4-6-17(26)27)18(28)25-12-8-14(11(20)7-15(12)29-2)30-16-5-3-10(9-24-16)19(21,22)23/h3,5,7-9,13H,4,6H2,1-2H3,(H,25,28). The summed E-state index contributed by atoms with van der Waals surface area (Å²) in [5.74, 6) is -2.19. The molecule has 1 aromatic carbocycles. The number of alkyl halides is 3. The Hall–Kier alpha value is -3.37. The Kier molecular flexibility index (Phi) is 5.81. The molecule has 2 aromatic rings. The molecule has 2 heterocycles. The molecule has 1 saturated heterocycles. The highest BCUT2D eigenvalue weighted by molar-refractivity contribution is 6.00. The Morgan fingerprint density at radius 2 is 2.00 bits per heavy atom. The first-order valence-electron chi connectivity index (χ1n) is 8.75. The van der Waals surface area contributed by atoms with E-state index in [0.29, 0.717) is 12.6 Å². The van der Waals surface area contributed by atoms with Crippen LogP contribution in [0.4, 0.5) is 23.2 Å². The predicted octanol–water partition coefficient (Wildman–Crippen LogP) is 3.60. The minimum absolute atomic E-state index is 0.000514. The van der Waals surface area contributed by atoms with Gasteiger partial charge in [-0.05, 0) is 12.5 Å². The van der Waals surface area contributed by atoms with E-state index in [9.17, 15) is 27.2 Å². The van der Waals surface area contributed by atoms with Crippen molar-refractivity contribution >= 4 is 17.5 Å². The van der Waals surface area contributed by atoms with Crippen molar-refractivity contribution in [3.05, 3.63) is 41.8 Å². The summed E-state index contributed by atoms with van der Waals surface area (Å²) in [4.78, 5) is 29.0. The van der Waals surface area contributed by atoms with Gasteiger partial charge in [-0.1, -0.05) is 0 Å². The number of anilines is 1. The van der Waals surface area contributed by atoms with Crippen LogP contribution in [-0.4, -0.2) is 41.9 Å². The predicted molar refractivity (Wildman–Crippen MR) is 96.7 cm³/mol. The van der Waals surface area contributed by atoms with Crippen LogP contribution in [0.25, 0.3) is 0 Å². The van der Waals surface area contributed by atoms with Gasteiger partial charge < -0.3 is 19.7 Å². The molecule has 1 atom stereocenters. The Morgan fingerprint density at radius 3 is 2.53 bits per heavy atom. The molecule has 0 saturated carbocycles. The highest BCUT2D eigenvalue weighted by atomic mass is 19.4. The summed E-state index contributed by atoms with van der Waals surface area (Å²) in [6.45, 7) is 0. The minimum atomic E-state index is -4.57. The number of halogens is 4. The average Bonchev–Trinajstić information content (AvgIpc) is 3.02. The van der Waals surface area contributed by atoms with Crippen molar-refractivity contribution in [3.63, 3.8) is 0 Å². The number of aromatic nitrogens is 1. The smallest absolute Gasteiger partial charge is 0.417 e. The quantitative estimate of drug-likeness (QED) is 0.738. The van der Waals surface area contributed by atoms with Gasteiger partial charge in [0.25, 0.3) is 0 Å². The van der Waals surface area contributed by atoms with Crippen LogP contribution >= 0.6 is 0 Å². The Balaban J connectivity index is 1.82. The number of nitrogens with zero attached hydrogens (tertiary/aromatic N) is 2. The number of pyridine rings is 1. The van der Waals surface area contributed by atoms with E-state index in [1.807, 2.05) is 0 Å². The van der Waals surface area contributed by atoms with Gasteiger partial charge in [0, 0.05) is 37.9 Å². The first-order chi connectivity index (χ1) is 14.1. The van der Waals surface area contributed by atoms with E-state index in [4.69, 9.17) is 9.47 Å². The molecule has 160 valence electrons. The molecule has 11 heteroatoms. The van der Waals surface area contributed by atoms with E-state index in [1.165, 1.54) is 19.1 Å². The van der Waals surface area contributed by atoms with Crippen LogP contribution in [0.5, 0.6) is 17.4 Å². The molecule has 0 bridgehead atoms. The Bertz CT molecular complexity index is 963. The molecule has 0 aliphatic carbocycles. The molecular formula is C19H17F4N3O4. The van der Waals surface area contributed by atoms with E-state index >= 15 is 0 Å². The Labute approximate surface area is 168 Å². The van der Waals surface area contributed by atoms with Crippen LogP contribution < -0.4 is 14.8 Å². The summed E-state index contributed by atoms with van der Waals surface area (Å²) in [6.07, 6.45) is -3.43. The highest BCUT2D eigenvalue weighted by Gasteiger charge is 2.34. The molecule has 1 aromatic heterocycles. The molecule has 1 aliphatic heterocycles. The minimum Gasteiger partial charge on any atom is -0.494 e. The molecular weight excluding hydrogens is 410 g/mol. The maximum absolute atomic E-state index is 14.3. The third-order valence-corrected chi connectivity index (χ3v) is 4.59. The molecule has 1 fully saturated rings. The van der Waals surface area contributed by atoms with Gasteiger partial charge in [0.2, 0.25) is 17.7 Å². The average molecular weight is 427 g/mol. The van der Waals surface area contributed by atoms with Crippen LogP contribution in [0, 0.1) is 5.82 Å². The van der Waals surface area contributed by atoms with Crippen molar-refractivity contribution in [3.8, 4) is 17.4 Å². The lowest BCUT2D eigenvalue weighted by molar-refractivity contribution is -0.137. The first-order valence-corrected chi connectivity index (χ1v) is 8.75. The molecule has 0 spiro atoms. The van der Waals surface area contributed by atoms with E-state index in [2.05, 4.69) is 10.3 Å². The lowest BCUT2D eigenvalue weighted by Crippen LogP contribution is -2.38. The number of likely N-dealkylation sites (N-methyl/N-ethyl adjacent to an activating group) is 1. The molecule has 0 radical (unpaired) electrons. The fourth-order valence-electron chi connectivity index (χ4n) is 2.93. The van der Waals surface area contributed by atoms with Gasteiger partial charge >= 0.3 is 6.18 Å². The Morgan fingerprint density at radius 1 is 1.27 bits per heavy atom. The van der Waals surface area contributed by atoms with Gasteiger partial charge in [0.05, 0.1) is 18.4 Å². The van der Waals surface area contributed by atoms with Gasteiger partial charge in [-0.15, -0.1) is 0 Å². The summed E-state index contributed by atoms with van der Waals surface area (Å²) in [6, 6.07) is 3.09. The van der Waals surface area contributed by atoms with E-state index in [1.54, 1.807) is 0 Å². The number of hydrogen-bond donors (Lipinski definition) is 1. The van der Waals surface area contributed by atoms with Gasteiger partial charge in [0.15, 0.2) is 11.6 Å². The summed E-state index contributed by atoms with van der Waals surface area (Å²) in [5, 5.41) is 2.56. The number of nitrogens with one attached hydrogen (secondary N) is 1. The van der Waals surface area contributed by atoms with E-state index in [-0.39, 0.29) is 35.4 Å². The lowest BCUT2D eigenvalue weighted by atomic mass is 10.2.